The minimum atomic E-state index is -0.303. The van der Waals surface area contributed by atoms with Crippen LogP contribution in [-0.2, 0) is 21.1 Å². The molecule has 0 aliphatic carbocycles. The number of rotatable bonds is 0. The molecule has 1 aromatic carbocycles. The van der Waals surface area contributed by atoms with Gasteiger partial charge in [-0.15, -0.1) is 12.1 Å². The predicted octanol–water partition coefficient (Wildman–Crippen LogP) is 1.62. The molecule has 0 bridgehead atoms. The first kappa shape index (κ1) is 7.84. The summed E-state index contributed by atoms with van der Waals surface area (Å²) < 4.78 is 11.9. The third-order valence-electron chi connectivity index (χ3n) is 0.671. The van der Waals surface area contributed by atoms with Gasteiger partial charge in [0.05, 0.1) is 0 Å². The first-order chi connectivity index (χ1) is 3.39. The minimum absolute atomic E-state index is 0. The fraction of sp³-hybridized carbons (Fsp3) is 0. The molecule has 0 radical (unpaired) electrons. The molecular formula is C6H4FMo-. The van der Waals surface area contributed by atoms with Crippen molar-refractivity contribution in [2.75, 3.05) is 0 Å². The molecule has 42 valence electrons. The minimum Gasteiger partial charge on any atom is -0.236 e. The number of hydrogen-bond donors (Lipinski definition) is 0. The van der Waals surface area contributed by atoms with Gasteiger partial charge in [-0.3, -0.25) is 0 Å². The van der Waals surface area contributed by atoms with E-state index in [2.05, 4.69) is 6.07 Å². The van der Waals surface area contributed by atoms with Crippen molar-refractivity contribution >= 4 is 0 Å². The third-order valence-corrected chi connectivity index (χ3v) is 0.671. The fourth-order valence-corrected chi connectivity index (χ4v) is 0.371. The number of halogens is 1. The second-order valence-electron chi connectivity index (χ2n) is 1.21. The molecule has 0 aliphatic heterocycles. The molecule has 0 aromatic heterocycles. The summed E-state index contributed by atoms with van der Waals surface area (Å²) in [4.78, 5) is 0. The Bertz CT molecular complexity index is 138. The Hall–Kier alpha value is -0.162. The summed E-state index contributed by atoms with van der Waals surface area (Å²) in [5, 5.41) is 0. The smallest absolute Gasteiger partial charge is 0.0108 e. The maximum Gasteiger partial charge on any atom is 0.0108 e. The normalized spacial score (nSPS) is 7.62. The van der Waals surface area contributed by atoms with E-state index >= 15 is 0 Å². The summed E-state index contributed by atoms with van der Waals surface area (Å²) in [5.41, 5.74) is 0. The van der Waals surface area contributed by atoms with Crippen LogP contribution in [0.2, 0.25) is 0 Å². The first-order valence-corrected chi connectivity index (χ1v) is 2.02. The summed E-state index contributed by atoms with van der Waals surface area (Å²) >= 11 is 0. The van der Waals surface area contributed by atoms with Crippen molar-refractivity contribution in [2.45, 2.75) is 0 Å². The molecule has 2 heteroatoms. The Balaban J connectivity index is 0.000000490. The zero-order valence-electron chi connectivity index (χ0n) is 4.10. The molecule has 0 aliphatic rings. The van der Waals surface area contributed by atoms with Crippen LogP contribution in [0.5, 0.6) is 0 Å². The van der Waals surface area contributed by atoms with Gasteiger partial charge in [0.1, 0.15) is 0 Å². The molecule has 0 nitrogen and oxygen atoms in total. The largest absolute Gasteiger partial charge is 0.236 e. The van der Waals surface area contributed by atoms with Crippen LogP contribution in [0.4, 0.5) is 4.39 Å². The van der Waals surface area contributed by atoms with Crippen molar-refractivity contribution in [2.24, 2.45) is 0 Å². The van der Waals surface area contributed by atoms with Gasteiger partial charge < -0.3 is 0 Å². The fourth-order valence-electron chi connectivity index (χ4n) is 0.371. The number of benzene rings is 1. The SMILES string of the molecule is Fc1[c-]cccc1.[Mo]. The van der Waals surface area contributed by atoms with E-state index in [0.29, 0.717) is 0 Å². The summed E-state index contributed by atoms with van der Waals surface area (Å²) in [6, 6.07) is 8.62. The van der Waals surface area contributed by atoms with Crippen molar-refractivity contribution in [3.8, 4) is 0 Å². The van der Waals surface area contributed by atoms with Gasteiger partial charge in [0, 0.05) is 26.9 Å². The van der Waals surface area contributed by atoms with Crippen LogP contribution in [0.3, 0.4) is 0 Å². The Morgan fingerprint density at radius 1 is 1.38 bits per heavy atom. The average Bonchev–Trinajstić information content (AvgIpc) is 1.69. The van der Waals surface area contributed by atoms with Gasteiger partial charge in [-0.05, 0) is 0 Å². The number of hydrogen-bond acceptors (Lipinski definition) is 0. The van der Waals surface area contributed by atoms with E-state index in [-0.39, 0.29) is 26.9 Å². The van der Waals surface area contributed by atoms with Gasteiger partial charge >= 0.3 is 0 Å². The molecule has 0 N–H and O–H groups in total. The van der Waals surface area contributed by atoms with Gasteiger partial charge in [0.25, 0.3) is 0 Å². The molecule has 0 fully saturated rings. The van der Waals surface area contributed by atoms with Crippen molar-refractivity contribution < 1.29 is 25.5 Å². The summed E-state index contributed by atoms with van der Waals surface area (Å²) in [5.74, 6) is -0.303. The van der Waals surface area contributed by atoms with Gasteiger partial charge in [0.15, 0.2) is 0 Å². The third kappa shape index (κ3) is 2.22. The monoisotopic (exact) mass is 193 g/mol. The molecule has 1 rings (SSSR count). The maximum absolute atomic E-state index is 11.9. The van der Waals surface area contributed by atoms with E-state index < -0.39 is 0 Å². The Morgan fingerprint density at radius 3 is 2.38 bits per heavy atom. The quantitative estimate of drug-likeness (QED) is 0.431. The summed E-state index contributed by atoms with van der Waals surface area (Å²) in [6.45, 7) is 0. The van der Waals surface area contributed by atoms with Crippen LogP contribution in [0.15, 0.2) is 24.3 Å². The van der Waals surface area contributed by atoms with E-state index in [4.69, 9.17) is 0 Å². The zero-order valence-corrected chi connectivity index (χ0v) is 6.10. The Labute approximate surface area is 62.0 Å². The van der Waals surface area contributed by atoms with Gasteiger partial charge in [-0.25, -0.2) is 4.39 Å². The predicted molar refractivity (Wildman–Crippen MR) is 25.2 cm³/mol. The maximum atomic E-state index is 11.9. The second kappa shape index (κ2) is 3.79. The average molecular weight is 191 g/mol. The van der Waals surface area contributed by atoms with Crippen molar-refractivity contribution in [3.05, 3.63) is 36.1 Å². The van der Waals surface area contributed by atoms with E-state index in [1.807, 2.05) is 0 Å². The standard InChI is InChI=1S/C6H4F.Mo/c7-6-4-2-1-3-5-6;/h1-4H;/q-1;. The van der Waals surface area contributed by atoms with Crippen LogP contribution in [0.1, 0.15) is 0 Å². The van der Waals surface area contributed by atoms with Crippen LogP contribution < -0.4 is 0 Å². The van der Waals surface area contributed by atoms with Crippen molar-refractivity contribution in [1.82, 2.24) is 0 Å². The van der Waals surface area contributed by atoms with Crippen LogP contribution in [0.25, 0.3) is 0 Å². The van der Waals surface area contributed by atoms with E-state index in [1.54, 1.807) is 12.1 Å². The molecule has 0 saturated heterocycles. The molecule has 8 heavy (non-hydrogen) atoms. The van der Waals surface area contributed by atoms with Crippen molar-refractivity contribution in [1.29, 1.82) is 0 Å². The molecule has 0 saturated carbocycles. The summed E-state index contributed by atoms with van der Waals surface area (Å²) in [7, 11) is 0. The van der Waals surface area contributed by atoms with Crippen LogP contribution >= 0.6 is 0 Å². The summed E-state index contributed by atoms with van der Waals surface area (Å²) in [6.07, 6.45) is 0. The molecule has 0 atom stereocenters. The van der Waals surface area contributed by atoms with E-state index in [9.17, 15) is 4.39 Å². The van der Waals surface area contributed by atoms with Gasteiger partial charge in [-0.1, -0.05) is 0 Å². The molecule has 1 aromatic rings. The zero-order chi connectivity index (χ0) is 5.11. The van der Waals surface area contributed by atoms with Gasteiger partial charge in [-0.2, -0.15) is 18.2 Å². The first-order valence-electron chi connectivity index (χ1n) is 2.02. The van der Waals surface area contributed by atoms with Crippen LogP contribution in [-0.4, -0.2) is 0 Å². The Morgan fingerprint density at radius 2 is 2.12 bits per heavy atom. The molecule has 0 amide bonds. The molecular weight excluding hydrogens is 187 g/mol. The topological polar surface area (TPSA) is 0 Å². The van der Waals surface area contributed by atoms with E-state index in [1.165, 1.54) is 12.1 Å². The molecule has 0 heterocycles. The van der Waals surface area contributed by atoms with E-state index in [0.717, 1.165) is 0 Å². The Kier molecular flexibility index (Phi) is 3.72. The van der Waals surface area contributed by atoms with Gasteiger partial charge in [0.2, 0.25) is 0 Å². The molecule has 0 spiro atoms. The second-order valence-corrected chi connectivity index (χ2v) is 1.21. The van der Waals surface area contributed by atoms with Crippen molar-refractivity contribution in [3.63, 3.8) is 0 Å². The van der Waals surface area contributed by atoms with Crippen LogP contribution in [0, 0.1) is 11.9 Å². The molecule has 0 unspecified atom stereocenters.